The highest BCUT2D eigenvalue weighted by Crippen LogP contribution is 2.38. The molecule has 7 nitrogen and oxygen atoms in total. The van der Waals surface area contributed by atoms with Crippen molar-refractivity contribution in [1.82, 2.24) is 14.9 Å². The van der Waals surface area contributed by atoms with Crippen LogP contribution in [0.2, 0.25) is 0 Å². The lowest BCUT2D eigenvalue weighted by molar-refractivity contribution is -0.123. The number of rotatable bonds is 5. The van der Waals surface area contributed by atoms with Crippen LogP contribution >= 0.6 is 0 Å². The fourth-order valence-corrected chi connectivity index (χ4v) is 2.88. The summed E-state index contributed by atoms with van der Waals surface area (Å²) in [6.45, 7) is 1.91. The molecule has 1 aromatic carbocycles. The van der Waals surface area contributed by atoms with Crippen LogP contribution in [0.3, 0.4) is 0 Å². The van der Waals surface area contributed by atoms with Crippen molar-refractivity contribution in [3.63, 3.8) is 0 Å². The first kappa shape index (κ1) is 15.5. The lowest BCUT2D eigenvalue weighted by Gasteiger charge is -2.29. The van der Waals surface area contributed by atoms with Gasteiger partial charge in [0.15, 0.2) is 0 Å². The van der Waals surface area contributed by atoms with Gasteiger partial charge in [-0.25, -0.2) is 4.79 Å². The minimum Gasteiger partial charge on any atom is -0.348 e. The zero-order valence-corrected chi connectivity index (χ0v) is 13.0. The Kier molecular flexibility index (Phi) is 3.81. The summed E-state index contributed by atoms with van der Waals surface area (Å²) in [5, 5.41) is 3.26. The van der Waals surface area contributed by atoms with Gasteiger partial charge in [0.05, 0.1) is 16.4 Å². The molecule has 1 heterocycles. The number of aromatic nitrogens is 2. The van der Waals surface area contributed by atoms with Crippen LogP contribution < -0.4 is 22.3 Å². The summed E-state index contributed by atoms with van der Waals surface area (Å²) in [7, 11) is 0. The zero-order chi connectivity index (χ0) is 16.6. The van der Waals surface area contributed by atoms with Crippen molar-refractivity contribution in [3.05, 3.63) is 45.1 Å². The highest BCUT2D eigenvalue weighted by molar-refractivity contribution is 5.79. The Balaban J connectivity index is 1.88. The summed E-state index contributed by atoms with van der Waals surface area (Å²) < 4.78 is 0.918. The van der Waals surface area contributed by atoms with E-state index >= 15 is 0 Å². The maximum Gasteiger partial charge on any atom is 0.329 e. The first-order valence-electron chi connectivity index (χ1n) is 7.67. The van der Waals surface area contributed by atoms with E-state index in [0.717, 1.165) is 17.4 Å². The standard InChI is InChI=1S/C16H20N4O3/c1-16(9-17,10-6-7-10)19-13(21)8-20-14(22)11-4-2-3-5-12(11)18-15(20)23/h2-5,10H,6-9,17H2,1H3,(H,18,23)(H,19,21). The third kappa shape index (κ3) is 2.92. The van der Waals surface area contributed by atoms with Crippen LogP contribution in [0.15, 0.2) is 33.9 Å². The Labute approximate surface area is 132 Å². The van der Waals surface area contributed by atoms with Crippen LogP contribution in [0.25, 0.3) is 10.9 Å². The van der Waals surface area contributed by atoms with Gasteiger partial charge in [-0.05, 0) is 37.8 Å². The molecule has 1 atom stereocenters. The Morgan fingerprint density at radius 3 is 2.74 bits per heavy atom. The zero-order valence-electron chi connectivity index (χ0n) is 13.0. The van der Waals surface area contributed by atoms with Crippen LogP contribution in [-0.4, -0.2) is 27.5 Å². The van der Waals surface area contributed by atoms with Crippen molar-refractivity contribution < 1.29 is 4.79 Å². The summed E-state index contributed by atoms with van der Waals surface area (Å²) in [6, 6.07) is 6.72. The third-order valence-corrected chi connectivity index (χ3v) is 4.52. The van der Waals surface area contributed by atoms with Crippen LogP contribution in [-0.2, 0) is 11.3 Å². The van der Waals surface area contributed by atoms with E-state index in [1.165, 1.54) is 0 Å². The van der Waals surface area contributed by atoms with Crippen molar-refractivity contribution in [3.8, 4) is 0 Å². The van der Waals surface area contributed by atoms with Gasteiger partial charge in [-0.3, -0.25) is 14.2 Å². The quantitative estimate of drug-likeness (QED) is 0.717. The van der Waals surface area contributed by atoms with Crippen LogP contribution in [0.1, 0.15) is 19.8 Å². The molecule has 1 unspecified atom stereocenters. The van der Waals surface area contributed by atoms with E-state index in [1.807, 2.05) is 6.92 Å². The van der Waals surface area contributed by atoms with Gasteiger partial charge in [-0.15, -0.1) is 0 Å². The van der Waals surface area contributed by atoms with Gasteiger partial charge < -0.3 is 16.0 Å². The average Bonchev–Trinajstić information content (AvgIpc) is 3.36. The van der Waals surface area contributed by atoms with E-state index in [4.69, 9.17) is 5.73 Å². The van der Waals surface area contributed by atoms with Gasteiger partial charge in [-0.1, -0.05) is 12.1 Å². The fraction of sp³-hybridized carbons (Fsp3) is 0.438. The molecular formula is C16H20N4O3. The van der Waals surface area contributed by atoms with Gasteiger partial charge >= 0.3 is 5.69 Å². The molecular weight excluding hydrogens is 296 g/mol. The lowest BCUT2D eigenvalue weighted by Crippen LogP contribution is -2.55. The predicted molar refractivity (Wildman–Crippen MR) is 87.2 cm³/mol. The van der Waals surface area contributed by atoms with E-state index in [9.17, 15) is 14.4 Å². The Morgan fingerprint density at radius 1 is 1.39 bits per heavy atom. The molecule has 122 valence electrons. The summed E-state index contributed by atoms with van der Waals surface area (Å²) >= 11 is 0. The number of amides is 1. The van der Waals surface area contributed by atoms with Crippen molar-refractivity contribution in [1.29, 1.82) is 0 Å². The highest BCUT2D eigenvalue weighted by Gasteiger charge is 2.41. The molecule has 1 aromatic heterocycles. The fourth-order valence-electron chi connectivity index (χ4n) is 2.88. The van der Waals surface area contributed by atoms with E-state index in [-0.39, 0.29) is 12.5 Å². The molecule has 1 aliphatic rings. The minimum atomic E-state index is -0.593. The molecule has 0 radical (unpaired) electrons. The first-order valence-corrected chi connectivity index (χ1v) is 7.67. The monoisotopic (exact) mass is 316 g/mol. The number of para-hydroxylation sites is 1. The maximum absolute atomic E-state index is 12.4. The van der Waals surface area contributed by atoms with Crippen molar-refractivity contribution in [2.45, 2.75) is 31.8 Å². The predicted octanol–water partition coefficient (Wildman–Crippen LogP) is -0.0666. The second kappa shape index (κ2) is 5.66. The summed E-state index contributed by atoms with van der Waals surface area (Å²) in [4.78, 5) is 39.4. The normalized spacial score (nSPS) is 17.0. The minimum absolute atomic E-state index is 0.318. The maximum atomic E-state index is 12.4. The second-order valence-corrected chi connectivity index (χ2v) is 6.31. The molecule has 7 heteroatoms. The Bertz CT molecular complexity index is 865. The first-order chi connectivity index (χ1) is 10.9. The summed E-state index contributed by atoms with van der Waals surface area (Å²) in [5.41, 5.74) is 4.69. The number of fused-ring (bicyclic) bond motifs is 1. The highest BCUT2D eigenvalue weighted by atomic mass is 16.2. The van der Waals surface area contributed by atoms with Gasteiger partial charge in [-0.2, -0.15) is 0 Å². The molecule has 1 saturated carbocycles. The number of H-pyrrole nitrogens is 1. The summed E-state index contributed by atoms with van der Waals surface area (Å²) in [6.07, 6.45) is 2.06. The molecule has 4 N–H and O–H groups in total. The number of carbonyl (C=O) groups is 1. The molecule has 1 amide bonds. The molecule has 0 aliphatic heterocycles. The largest absolute Gasteiger partial charge is 0.348 e. The molecule has 0 spiro atoms. The lowest BCUT2D eigenvalue weighted by atomic mass is 9.96. The molecule has 0 bridgehead atoms. The molecule has 3 rings (SSSR count). The number of nitrogens with zero attached hydrogens (tertiary/aromatic N) is 1. The van der Waals surface area contributed by atoms with Gasteiger partial charge in [0, 0.05) is 6.54 Å². The van der Waals surface area contributed by atoms with Crippen molar-refractivity contribution in [2.75, 3.05) is 6.54 Å². The number of carbonyl (C=O) groups excluding carboxylic acids is 1. The van der Waals surface area contributed by atoms with Crippen molar-refractivity contribution in [2.24, 2.45) is 11.7 Å². The van der Waals surface area contributed by atoms with E-state index in [1.54, 1.807) is 24.3 Å². The Morgan fingerprint density at radius 2 is 2.09 bits per heavy atom. The molecule has 23 heavy (non-hydrogen) atoms. The SMILES string of the molecule is CC(CN)(NC(=O)Cn1c(=O)[nH]c2ccccc2c1=O)C1CC1. The third-order valence-electron chi connectivity index (χ3n) is 4.52. The second-order valence-electron chi connectivity index (χ2n) is 6.31. The number of nitrogens with one attached hydrogen (secondary N) is 2. The molecule has 2 aromatic rings. The molecule has 1 aliphatic carbocycles. The topological polar surface area (TPSA) is 110 Å². The van der Waals surface area contributed by atoms with E-state index in [2.05, 4.69) is 10.3 Å². The number of hydrogen-bond donors (Lipinski definition) is 3. The average molecular weight is 316 g/mol. The van der Waals surface area contributed by atoms with Gasteiger partial charge in [0.2, 0.25) is 5.91 Å². The smallest absolute Gasteiger partial charge is 0.329 e. The number of nitrogens with two attached hydrogens (primary N) is 1. The number of hydrogen-bond acceptors (Lipinski definition) is 4. The van der Waals surface area contributed by atoms with Crippen molar-refractivity contribution >= 4 is 16.8 Å². The van der Waals surface area contributed by atoms with Gasteiger partial charge in [0.25, 0.3) is 5.56 Å². The molecule has 1 fully saturated rings. The van der Waals surface area contributed by atoms with Crippen LogP contribution in [0.5, 0.6) is 0 Å². The van der Waals surface area contributed by atoms with E-state index < -0.39 is 16.8 Å². The van der Waals surface area contributed by atoms with Crippen LogP contribution in [0.4, 0.5) is 0 Å². The van der Waals surface area contributed by atoms with Crippen LogP contribution in [0, 0.1) is 5.92 Å². The van der Waals surface area contributed by atoms with E-state index in [0.29, 0.717) is 23.4 Å². The summed E-state index contributed by atoms with van der Waals surface area (Å²) in [5.74, 6) is -0.0178. The Hall–Kier alpha value is -2.41. The molecule has 0 saturated heterocycles. The number of benzene rings is 1. The van der Waals surface area contributed by atoms with Gasteiger partial charge in [0.1, 0.15) is 6.54 Å². The number of aromatic amines is 1.